The van der Waals surface area contributed by atoms with Crippen LogP contribution in [0.3, 0.4) is 0 Å². The molecular formula is C24H25F3N2O4. The van der Waals surface area contributed by atoms with Crippen molar-refractivity contribution in [2.75, 3.05) is 0 Å². The molecule has 33 heavy (non-hydrogen) atoms. The molecule has 9 heteroatoms. The van der Waals surface area contributed by atoms with Crippen molar-refractivity contribution in [1.82, 2.24) is 9.97 Å². The van der Waals surface area contributed by atoms with Gasteiger partial charge in [0.1, 0.15) is 23.3 Å². The van der Waals surface area contributed by atoms with Gasteiger partial charge in [-0.15, -0.1) is 0 Å². The third-order valence-electron chi connectivity index (χ3n) is 4.79. The van der Waals surface area contributed by atoms with Crippen molar-refractivity contribution >= 4 is 16.9 Å². The van der Waals surface area contributed by atoms with Crippen molar-refractivity contribution in [2.45, 2.75) is 58.9 Å². The maximum Gasteiger partial charge on any atom is 0.416 e. The number of benzene rings is 2. The average molecular weight is 462 g/mol. The molecule has 0 saturated carbocycles. The summed E-state index contributed by atoms with van der Waals surface area (Å²) in [6, 6.07) is 8.02. The number of aryl methyl sites for hydroxylation is 1. The molecule has 2 aromatic carbocycles. The van der Waals surface area contributed by atoms with Crippen LogP contribution in [0.2, 0.25) is 0 Å². The Bertz CT molecular complexity index is 1230. The van der Waals surface area contributed by atoms with Gasteiger partial charge in [-0.25, -0.2) is 9.78 Å². The van der Waals surface area contributed by atoms with Gasteiger partial charge >= 0.3 is 12.1 Å². The molecule has 0 bridgehead atoms. The van der Waals surface area contributed by atoms with Crippen LogP contribution >= 0.6 is 0 Å². The summed E-state index contributed by atoms with van der Waals surface area (Å²) in [5.74, 6) is -0.0166. The van der Waals surface area contributed by atoms with Crippen molar-refractivity contribution in [2.24, 2.45) is 0 Å². The molecule has 1 N–H and O–H groups in total. The number of carbonyl (C=O) groups is 1. The first kappa shape index (κ1) is 24.3. The first-order chi connectivity index (χ1) is 15.3. The maximum atomic E-state index is 13.9. The summed E-state index contributed by atoms with van der Waals surface area (Å²) in [5.41, 5.74) is -2.00. The third-order valence-corrected chi connectivity index (χ3v) is 4.79. The Hall–Kier alpha value is -3.36. The number of nitrogens with one attached hydrogen (secondary N) is 1. The number of aromatic amines is 1. The van der Waals surface area contributed by atoms with Crippen LogP contribution < -0.4 is 10.3 Å². The zero-order valence-corrected chi connectivity index (χ0v) is 19.0. The molecule has 3 rings (SSSR count). The summed E-state index contributed by atoms with van der Waals surface area (Å²) in [5, 5.41) is 0.0472. The van der Waals surface area contributed by atoms with Gasteiger partial charge in [0, 0.05) is 5.56 Å². The molecule has 0 aliphatic rings. The summed E-state index contributed by atoms with van der Waals surface area (Å²) in [7, 11) is 0. The molecule has 0 radical (unpaired) electrons. The van der Waals surface area contributed by atoms with Crippen LogP contribution in [-0.2, 0) is 10.9 Å². The Morgan fingerprint density at radius 2 is 1.76 bits per heavy atom. The number of ether oxygens (including phenoxy) is 2. The number of esters is 1. The number of fused-ring (bicyclic) bond motifs is 1. The van der Waals surface area contributed by atoms with Crippen LogP contribution in [0.25, 0.3) is 10.9 Å². The molecule has 176 valence electrons. The lowest BCUT2D eigenvalue weighted by molar-refractivity contribution is -0.139. The molecule has 1 heterocycles. The lowest BCUT2D eigenvalue weighted by atomic mass is 9.97. The van der Waals surface area contributed by atoms with Crippen LogP contribution in [0.4, 0.5) is 13.2 Å². The second-order valence-corrected chi connectivity index (χ2v) is 8.65. The number of carbonyl (C=O) groups excluding carboxylic acids is 1. The summed E-state index contributed by atoms with van der Waals surface area (Å²) in [4.78, 5) is 31.0. The maximum absolute atomic E-state index is 13.9. The van der Waals surface area contributed by atoms with Gasteiger partial charge in [0.15, 0.2) is 0 Å². The highest BCUT2D eigenvalue weighted by atomic mass is 19.4. The van der Waals surface area contributed by atoms with Crippen LogP contribution in [0.1, 0.15) is 67.5 Å². The van der Waals surface area contributed by atoms with Gasteiger partial charge in [0.05, 0.1) is 22.0 Å². The van der Waals surface area contributed by atoms with Gasteiger partial charge in [0.2, 0.25) is 0 Å². The van der Waals surface area contributed by atoms with E-state index in [1.165, 1.54) is 37.3 Å². The van der Waals surface area contributed by atoms with E-state index in [9.17, 15) is 22.8 Å². The number of nitrogens with zero attached hydrogens (tertiary/aromatic N) is 1. The van der Waals surface area contributed by atoms with Crippen LogP contribution in [-0.4, -0.2) is 21.5 Å². The van der Waals surface area contributed by atoms with E-state index < -0.39 is 35.0 Å². The van der Waals surface area contributed by atoms with Crippen LogP contribution in [0.15, 0.2) is 41.2 Å². The van der Waals surface area contributed by atoms with E-state index in [0.717, 1.165) is 6.07 Å². The number of H-pyrrole nitrogens is 1. The zero-order chi connectivity index (χ0) is 24.6. The van der Waals surface area contributed by atoms with Crippen molar-refractivity contribution in [3.05, 3.63) is 69.3 Å². The fraction of sp³-hybridized carbons (Fsp3) is 0.375. The van der Waals surface area contributed by atoms with E-state index in [-0.39, 0.29) is 34.5 Å². The molecule has 1 atom stereocenters. The van der Waals surface area contributed by atoms with E-state index in [2.05, 4.69) is 9.97 Å². The lowest BCUT2D eigenvalue weighted by Gasteiger charge is -2.23. The molecule has 0 amide bonds. The normalized spacial score (nSPS) is 13.1. The van der Waals surface area contributed by atoms with Crippen LogP contribution in [0, 0.1) is 6.92 Å². The minimum atomic E-state index is -4.67. The lowest BCUT2D eigenvalue weighted by Crippen LogP contribution is -2.23. The first-order valence-corrected chi connectivity index (χ1v) is 10.4. The standard InChI is InChI=1S/C24H25F3N2O4/c1-6-20(32-15-9-7-14(8-10-15)22(31)33-23(3,4)5)16-11-17-19(12-18(16)24(25,26)27)28-13(2)29-21(17)30/h7-12,20H,6H2,1-5H3,(H,28,29,30)/t20-/m1/s1. The van der Waals surface area contributed by atoms with Gasteiger partial charge in [0.25, 0.3) is 5.56 Å². The van der Waals surface area contributed by atoms with E-state index in [0.29, 0.717) is 5.56 Å². The molecule has 0 unspecified atom stereocenters. The van der Waals surface area contributed by atoms with Gasteiger partial charge in [-0.1, -0.05) is 6.92 Å². The minimum Gasteiger partial charge on any atom is -0.486 e. The molecule has 0 aliphatic carbocycles. The fourth-order valence-corrected chi connectivity index (χ4v) is 3.37. The molecule has 0 saturated heterocycles. The molecule has 1 aromatic heterocycles. The zero-order valence-electron chi connectivity index (χ0n) is 19.0. The minimum absolute atomic E-state index is 0.0381. The number of rotatable bonds is 5. The van der Waals surface area contributed by atoms with Crippen molar-refractivity contribution < 1.29 is 27.4 Å². The summed E-state index contributed by atoms with van der Waals surface area (Å²) in [6.07, 6.45) is -5.45. The van der Waals surface area contributed by atoms with Gasteiger partial charge in [-0.05, 0) is 70.5 Å². The van der Waals surface area contributed by atoms with Gasteiger partial charge in [-0.2, -0.15) is 13.2 Å². The van der Waals surface area contributed by atoms with E-state index in [1.54, 1.807) is 27.7 Å². The van der Waals surface area contributed by atoms with E-state index in [4.69, 9.17) is 9.47 Å². The second kappa shape index (κ2) is 8.88. The molecule has 0 spiro atoms. The SMILES string of the molecule is CC[C@@H](Oc1ccc(C(=O)OC(C)(C)C)cc1)c1cc2c(=O)[nH]c(C)nc2cc1C(F)(F)F. The summed E-state index contributed by atoms with van der Waals surface area (Å²) >= 11 is 0. The average Bonchev–Trinajstić information content (AvgIpc) is 2.69. The third kappa shape index (κ3) is 5.71. The largest absolute Gasteiger partial charge is 0.486 e. The van der Waals surface area contributed by atoms with E-state index >= 15 is 0 Å². The number of hydrogen-bond donors (Lipinski definition) is 1. The highest BCUT2D eigenvalue weighted by Crippen LogP contribution is 2.38. The smallest absolute Gasteiger partial charge is 0.416 e. The first-order valence-electron chi connectivity index (χ1n) is 10.4. The second-order valence-electron chi connectivity index (χ2n) is 8.65. The Kier molecular flexibility index (Phi) is 6.53. The monoisotopic (exact) mass is 462 g/mol. The molecule has 0 fully saturated rings. The van der Waals surface area contributed by atoms with Crippen molar-refractivity contribution in [1.29, 1.82) is 0 Å². The Balaban J connectivity index is 1.98. The van der Waals surface area contributed by atoms with E-state index in [1.807, 2.05) is 0 Å². The number of hydrogen-bond acceptors (Lipinski definition) is 5. The van der Waals surface area contributed by atoms with Crippen molar-refractivity contribution in [3.63, 3.8) is 0 Å². The van der Waals surface area contributed by atoms with Gasteiger partial charge in [-0.3, -0.25) is 4.79 Å². The molecular weight excluding hydrogens is 437 g/mol. The predicted molar refractivity (Wildman–Crippen MR) is 117 cm³/mol. The Labute approximate surface area is 188 Å². The Morgan fingerprint density at radius 3 is 2.30 bits per heavy atom. The fourth-order valence-electron chi connectivity index (χ4n) is 3.37. The summed E-state index contributed by atoms with van der Waals surface area (Å²) in [6.45, 7) is 8.43. The van der Waals surface area contributed by atoms with Crippen LogP contribution in [0.5, 0.6) is 5.75 Å². The molecule has 3 aromatic rings. The summed E-state index contributed by atoms with van der Waals surface area (Å²) < 4.78 is 52.8. The van der Waals surface area contributed by atoms with Gasteiger partial charge < -0.3 is 14.5 Å². The highest BCUT2D eigenvalue weighted by molar-refractivity contribution is 5.89. The quantitative estimate of drug-likeness (QED) is 0.490. The molecule has 0 aliphatic heterocycles. The number of alkyl halides is 3. The van der Waals surface area contributed by atoms with Crippen molar-refractivity contribution in [3.8, 4) is 5.75 Å². The topological polar surface area (TPSA) is 81.3 Å². The number of aromatic nitrogens is 2. The number of halogens is 3. The predicted octanol–water partition coefficient (Wildman–Crippen LogP) is 5.74. The molecule has 6 nitrogen and oxygen atoms in total. The highest BCUT2D eigenvalue weighted by Gasteiger charge is 2.36. The Morgan fingerprint density at radius 1 is 1.12 bits per heavy atom.